The summed E-state index contributed by atoms with van der Waals surface area (Å²) in [5.41, 5.74) is 2.34. The number of cyclic esters (lactones) is 1. The van der Waals surface area contributed by atoms with E-state index < -0.39 is 24.1 Å². The minimum absolute atomic E-state index is 0.144. The van der Waals surface area contributed by atoms with Crippen molar-refractivity contribution in [2.24, 2.45) is 5.16 Å². The average molecular weight is 544 g/mol. The molecule has 3 amide bonds. The Morgan fingerprint density at radius 1 is 1.13 bits per heavy atom. The van der Waals surface area contributed by atoms with Gasteiger partial charge in [-0.2, -0.15) is 0 Å². The number of carbonyl (C=O) groups is 3. The number of halogens is 2. The molecule has 0 bridgehead atoms. The Morgan fingerprint density at radius 2 is 1.87 bits per heavy atom. The maximum absolute atomic E-state index is 15.1. The van der Waals surface area contributed by atoms with Crippen molar-refractivity contribution in [1.82, 2.24) is 10.2 Å². The number of carbonyl (C=O) groups excluding carboxylic acids is 3. The normalized spacial score (nSPS) is 21.2. The summed E-state index contributed by atoms with van der Waals surface area (Å²) >= 11 is 5.94. The third-order valence-electron chi connectivity index (χ3n) is 6.75. The van der Waals surface area contributed by atoms with Gasteiger partial charge in [0.15, 0.2) is 0 Å². The maximum Gasteiger partial charge on any atom is 0.414 e. The van der Waals surface area contributed by atoms with Crippen LogP contribution in [0.2, 0.25) is 5.02 Å². The molecule has 1 unspecified atom stereocenters. The van der Waals surface area contributed by atoms with Crippen LogP contribution in [-0.4, -0.2) is 80.0 Å². The molecule has 3 aliphatic rings. The zero-order chi connectivity index (χ0) is 26.8. The standard InChI is InChI=1S/C26H27ClFN5O5/c1-16(34)29-14-20-15-33(26(36)37-20)19-6-7-23(21(28)12-19)31-8-10-32(11-9-31)25(35)24-13-22(30-38-24)17-2-4-18(27)5-3-17/h2-7,12,20,24H,8-11,13-15H2,1H3,(H,29,34)/t20-,24?/m0/s1. The predicted molar refractivity (Wildman–Crippen MR) is 139 cm³/mol. The molecule has 2 atom stereocenters. The molecule has 2 aromatic carbocycles. The first-order valence-corrected chi connectivity index (χ1v) is 12.7. The van der Waals surface area contributed by atoms with Crippen LogP contribution < -0.4 is 15.1 Å². The van der Waals surface area contributed by atoms with E-state index in [9.17, 15) is 14.4 Å². The molecule has 2 aromatic rings. The van der Waals surface area contributed by atoms with Crippen LogP contribution in [0.15, 0.2) is 47.6 Å². The summed E-state index contributed by atoms with van der Waals surface area (Å²) in [6, 6.07) is 11.8. The smallest absolute Gasteiger partial charge is 0.414 e. The Balaban J connectivity index is 1.14. The summed E-state index contributed by atoms with van der Waals surface area (Å²) in [5, 5.41) is 7.32. The van der Waals surface area contributed by atoms with Crippen molar-refractivity contribution in [3.63, 3.8) is 0 Å². The summed E-state index contributed by atoms with van der Waals surface area (Å²) < 4.78 is 20.4. The molecule has 0 saturated carbocycles. The molecule has 200 valence electrons. The van der Waals surface area contributed by atoms with E-state index in [2.05, 4.69) is 10.5 Å². The third kappa shape index (κ3) is 5.52. The third-order valence-corrected chi connectivity index (χ3v) is 7.00. The minimum Gasteiger partial charge on any atom is -0.442 e. The average Bonchev–Trinajstić information content (AvgIpc) is 3.55. The van der Waals surface area contributed by atoms with Gasteiger partial charge in [-0.1, -0.05) is 28.9 Å². The zero-order valence-electron chi connectivity index (χ0n) is 20.7. The Hall–Kier alpha value is -3.86. The second-order valence-electron chi connectivity index (χ2n) is 9.34. The van der Waals surface area contributed by atoms with Crippen LogP contribution >= 0.6 is 11.6 Å². The van der Waals surface area contributed by atoms with Crippen molar-refractivity contribution in [2.75, 3.05) is 49.1 Å². The van der Waals surface area contributed by atoms with Gasteiger partial charge in [-0.25, -0.2) is 9.18 Å². The van der Waals surface area contributed by atoms with Gasteiger partial charge in [-0.3, -0.25) is 14.5 Å². The highest BCUT2D eigenvalue weighted by molar-refractivity contribution is 6.30. The van der Waals surface area contributed by atoms with E-state index in [1.54, 1.807) is 29.2 Å². The monoisotopic (exact) mass is 543 g/mol. The number of anilines is 2. The molecule has 10 nitrogen and oxygen atoms in total. The van der Waals surface area contributed by atoms with Gasteiger partial charge in [-0.15, -0.1) is 0 Å². The summed E-state index contributed by atoms with van der Waals surface area (Å²) in [6.45, 7) is 3.52. The summed E-state index contributed by atoms with van der Waals surface area (Å²) in [4.78, 5) is 46.7. The van der Waals surface area contributed by atoms with Crippen LogP contribution in [0.1, 0.15) is 18.9 Å². The number of benzene rings is 2. The fourth-order valence-electron chi connectivity index (χ4n) is 4.71. The molecule has 2 fully saturated rings. The number of ether oxygens (including phenoxy) is 1. The van der Waals surface area contributed by atoms with Crippen molar-refractivity contribution in [2.45, 2.75) is 25.6 Å². The molecular weight excluding hydrogens is 517 g/mol. The molecule has 0 aliphatic carbocycles. The number of oxime groups is 1. The fraction of sp³-hybridized carbons (Fsp3) is 0.385. The van der Waals surface area contributed by atoms with Gasteiger partial charge in [-0.05, 0) is 35.9 Å². The lowest BCUT2D eigenvalue weighted by molar-refractivity contribution is -0.142. The molecule has 5 rings (SSSR count). The molecule has 0 aromatic heterocycles. The van der Waals surface area contributed by atoms with E-state index in [1.807, 2.05) is 17.0 Å². The van der Waals surface area contributed by atoms with Crippen LogP contribution in [0.4, 0.5) is 20.6 Å². The van der Waals surface area contributed by atoms with Crippen molar-refractivity contribution in [3.8, 4) is 0 Å². The first kappa shape index (κ1) is 25.8. The first-order chi connectivity index (χ1) is 18.3. The van der Waals surface area contributed by atoms with E-state index >= 15 is 4.39 Å². The van der Waals surface area contributed by atoms with Crippen LogP contribution in [0.5, 0.6) is 0 Å². The highest BCUT2D eigenvalue weighted by Crippen LogP contribution is 2.29. The zero-order valence-corrected chi connectivity index (χ0v) is 21.5. The number of rotatable bonds is 6. The SMILES string of the molecule is CC(=O)NC[C@H]1CN(c2ccc(N3CCN(C(=O)C4CC(c5ccc(Cl)cc5)=NO4)CC3)c(F)c2)C(=O)O1. The molecule has 0 spiro atoms. The molecular formula is C26H27ClFN5O5. The van der Waals surface area contributed by atoms with Gasteiger partial charge in [0.05, 0.1) is 30.2 Å². The quantitative estimate of drug-likeness (QED) is 0.601. The summed E-state index contributed by atoms with van der Waals surface area (Å²) in [6.07, 6.45) is -1.40. The van der Waals surface area contributed by atoms with Crippen LogP contribution in [0, 0.1) is 5.82 Å². The van der Waals surface area contributed by atoms with Crippen LogP contribution in [0.25, 0.3) is 0 Å². The maximum atomic E-state index is 15.1. The van der Waals surface area contributed by atoms with E-state index in [0.717, 1.165) is 5.56 Å². The topological polar surface area (TPSA) is 104 Å². The minimum atomic E-state index is -0.682. The summed E-state index contributed by atoms with van der Waals surface area (Å²) in [5.74, 6) is -0.835. The second-order valence-corrected chi connectivity index (χ2v) is 9.78. The van der Waals surface area contributed by atoms with Crippen molar-refractivity contribution in [3.05, 3.63) is 58.9 Å². The van der Waals surface area contributed by atoms with Gasteiger partial charge >= 0.3 is 6.09 Å². The second kappa shape index (κ2) is 10.9. The highest BCUT2D eigenvalue weighted by atomic mass is 35.5. The predicted octanol–water partition coefficient (Wildman–Crippen LogP) is 2.78. The molecule has 1 N–H and O–H groups in total. The lowest BCUT2D eigenvalue weighted by Gasteiger charge is -2.37. The lowest BCUT2D eigenvalue weighted by Crippen LogP contribution is -2.51. The number of hydrogen-bond acceptors (Lipinski definition) is 7. The molecule has 0 radical (unpaired) electrons. The molecule has 12 heteroatoms. The van der Waals surface area contributed by atoms with Gasteiger partial charge in [0.2, 0.25) is 12.0 Å². The van der Waals surface area contributed by atoms with Crippen molar-refractivity contribution < 1.29 is 28.3 Å². The van der Waals surface area contributed by atoms with Gasteiger partial charge < -0.3 is 24.7 Å². The lowest BCUT2D eigenvalue weighted by atomic mass is 10.0. The highest BCUT2D eigenvalue weighted by Gasteiger charge is 2.35. The Morgan fingerprint density at radius 3 is 2.55 bits per heavy atom. The Bertz CT molecular complexity index is 1270. The van der Waals surface area contributed by atoms with Crippen molar-refractivity contribution >= 4 is 46.6 Å². The van der Waals surface area contributed by atoms with Crippen LogP contribution in [0.3, 0.4) is 0 Å². The fourth-order valence-corrected chi connectivity index (χ4v) is 4.84. The largest absolute Gasteiger partial charge is 0.442 e. The van der Waals surface area contributed by atoms with E-state index in [-0.39, 0.29) is 24.9 Å². The molecule has 3 heterocycles. The van der Waals surface area contributed by atoms with Gasteiger partial charge in [0.1, 0.15) is 11.9 Å². The number of amides is 3. The van der Waals surface area contributed by atoms with E-state index in [0.29, 0.717) is 54.7 Å². The molecule has 2 saturated heterocycles. The van der Waals surface area contributed by atoms with Crippen molar-refractivity contribution in [1.29, 1.82) is 0 Å². The number of hydrogen-bond donors (Lipinski definition) is 1. The molecule has 3 aliphatic heterocycles. The van der Waals surface area contributed by atoms with E-state index in [1.165, 1.54) is 17.9 Å². The first-order valence-electron chi connectivity index (χ1n) is 12.3. The van der Waals surface area contributed by atoms with Gasteiger partial charge in [0.25, 0.3) is 5.91 Å². The Kier molecular flexibility index (Phi) is 7.37. The van der Waals surface area contributed by atoms with Gasteiger partial charge in [0, 0.05) is 44.5 Å². The number of piperazine rings is 1. The number of nitrogens with one attached hydrogen (secondary N) is 1. The Labute approximate surface area is 223 Å². The molecule has 38 heavy (non-hydrogen) atoms. The van der Waals surface area contributed by atoms with Crippen LogP contribution in [-0.2, 0) is 19.2 Å². The van der Waals surface area contributed by atoms with E-state index in [4.69, 9.17) is 21.2 Å². The summed E-state index contributed by atoms with van der Waals surface area (Å²) in [7, 11) is 0. The number of nitrogens with zero attached hydrogens (tertiary/aromatic N) is 4.